The summed E-state index contributed by atoms with van der Waals surface area (Å²) in [6.45, 7) is 2.76. The van der Waals surface area contributed by atoms with Crippen LogP contribution in [0.3, 0.4) is 0 Å². The van der Waals surface area contributed by atoms with Crippen LogP contribution >= 0.6 is 15.9 Å². The molecule has 9 heteroatoms. The molecule has 1 unspecified atom stereocenters. The number of fused-ring (bicyclic) bond motifs is 2. The highest BCUT2D eigenvalue weighted by Crippen LogP contribution is 2.49. The van der Waals surface area contributed by atoms with Gasteiger partial charge >= 0.3 is 12.1 Å². The van der Waals surface area contributed by atoms with E-state index in [1.807, 2.05) is 0 Å². The second kappa shape index (κ2) is 8.12. The maximum Gasteiger partial charge on any atom is 0.450 e. The van der Waals surface area contributed by atoms with Gasteiger partial charge in [-0.2, -0.15) is 13.2 Å². The van der Waals surface area contributed by atoms with Crippen molar-refractivity contribution in [1.82, 2.24) is 4.57 Å². The lowest BCUT2D eigenvalue weighted by Gasteiger charge is -2.30. The van der Waals surface area contributed by atoms with Gasteiger partial charge in [0.2, 0.25) is 11.7 Å². The molecule has 0 saturated carbocycles. The average molecular weight is 508 g/mol. The summed E-state index contributed by atoms with van der Waals surface area (Å²) in [7, 11) is 0. The number of esters is 1. The number of allylic oxidation sites excluding steroid dienone is 1. The van der Waals surface area contributed by atoms with Crippen molar-refractivity contribution in [2.75, 3.05) is 6.61 Å². The highest BCUT2D eigenvalue weighted by molar-refractivity contribution is 9.10. The van der Waals surface area contributed by atoms with Crippen molar-refractivity contribution in [3.63, 3.8) is 0 Å². The fraction of sp³-hybridized carbons (Fsp3) is 0.217. The standard InChI is InChI=1S/C23H17BrF3NO4/c1-3-31-22(30)20-19(16-11-28(12(2)29)17-7-5-4-6-14(16)17)15-10-13(24)8-9-18(15)32-21(20)23(25,26)27/h4-11,19H,3H2,1-2H3. The monoisotopic (exact) mass is 507 g/mol. The molecule has 1 aliphatic heterocycles. The van der Waals surface area contributed by atoms with Gasteiger partial charge in [0.25, 0.3) is 0 Å². The summed E-state index contributed by atoms with van der Waals surface area (Å²) in [5, 5.41) is 0.545. The Balaban J connectivity index is 2.11. The zero-order chi connectivity index (χ0) is 23.2. The van der Waals surface area contributed by atoms with Crippen molar-refractivity contribution in [1.29, 1.82) is 0 Å². The zero-order valence-corrected chi connectivity index (χ0v) is 18.6. The van der Waals surface area contributed by atoms with Crippen LogP contribution in [0.15, 0.2) is 64.5 Å². The van der Waals surface area contributed by atoms with Crippen LogP contribution < -0.4 is 4.74 Å². The maximum atomic E-state index is 14.0. The van der Waals surface area contributed by atoms with Crippen LogP contribution in [0.1, 0.15) is 35.7 Å². The van der Waals surface area contributed by atoms with Crippen LogP contribution in [-0.2, 0) is 9.53 Å². The van der Waals surface area contributed by atoms with Gasteiger partial charge in [-0.1, -0.05) is 34.1 Å². The van der Waals surface area contributed by atoms with Crippen LogP contribution in [0.25, 0.3) is 10.9 Å². The molecule has 5 nitrogen and oxygen atoms in total. The van der Waals surface area contributed by atoms with E-state index in [1.165, 1.54) is 30.7 Å². The molecule has 1 aliphatic rings. The Morgan fingerprint density at radius 2 is 1.88 bits per heavy atom. The largest absolute Gasteiger partial charge is 0.463 e. The second-order valence-electron chi connectivity index (χ2n) is 7.17. The number of carbonyl (C=O) groups is 2. The first kappa shape index (κ1) is 22.1. The molecule has 1 aromatic heterocycles. The SMILES string of the molecule is CCOC(=O)C1=C(C(F)(F)F)Oc2ccc(Br)cc2C1c1cn(C(C)=O)c2ccccc12. The molecule has 1 atom stereocenters. The number of alkyl halides is 3. The fourth-order valence-corrected chi connectivity index (χ4v) is 4.32. The summed E-state index contributed by atoms with van der Waals surface area (Å²) >= 11 is 3.34. The molecule has 2 aromatic carbocycles. The van der Waals surface area contributed by atoms with Gasteiger partial charge in [-0.15, -0.1) is 0 Å². The van der Waals surface area contributed by atoms with Crippen LogP contribution in [-0.4, -0.2) is 29.2 Å². The van der Waals surface area contributed by atoms with E-state index in [9.17, 15) is 22.8 Å². The number of hydrogen-bond acceptors (Lipinski definition) is 4. The lowest BCUT2D eigenvalue weighted by atomic mass is 9.82. The van der Waals surface area contributed by atoms with Gasteiger partial charge in [0.15, 0.2) is 0 Å². The first-order valence-corrected chi connectivity index (χ1v) is 10.5. The molecule has 0 amide bonds. The Kier molecular flexibility index (Phi) is 5.62. The molecule has 166 valence electrons. The number of carbonyl (C=O) groups excluding carboxylic acids is 2. The van der Waals surface area contributed by atoms with Crippen molar-refractivity contribution in [3.8, 4) is 5.75 Å². The zero-order valence-electron chi connectivity index (χ0n) is 17.0. The molecule has 0 radical (unpaired) electrons. The third kappa shape index (κ3) is 3.70. The average Bonchev–Trinajstić information content (AvgIpc) is 3.11. The summed E-state index contributed by atoms with van der Waals surface area (Å²) in [5.41, 5.74) is 0.580. The van der Waals surface area contributed by atoms with Gasteiger partial charge in [0.1, 0.15) is 5.75 Å². The van der Waals surface area contributed by atoms with Crippen LogP contribution in [0, 0.1) is 0 Å². The third-order valence-electron chi connectivity index (χ3n) is 5.17. The van der Waals surface area contributed by atoms with E-state index >= 15 is 0 Å². The Labute approximate surface area is 189 Å². The molecule has 0 spiro atoms. The number of nitrogens with zero attached hydrogens (tertiary/aromatic N) is 1. The Bertz CT molecular complexity index is 1280. The number of aromatic nitrogens is 1. The van der Waals surface area contributed by atoms with E-state index in [2.05, 4.69) is 15.9 Å². The molecular formula is C23H17BrF3NO4. The summed E-state index contributed by atoms with van der Waals surface area (Å²) in [5.74, 6) is -4.06. The number of benzene rings is 2. The number of ether oxygens (including phenoxy) is 2. The highest BCUT2D eigenvalue weighted by Gasteiger charge is 2.48. The van der Waals surface area contributed by atoms with E-state index in [0.29, 0.717) is 26.5 Å². The van der Waals surface area contributed by atoms with Crippen molar-refractivity contribution in [2.24, 2.45) is 0 Å². The van der Waals surface area contributed by atoms with Crippen LogP contribution in [0.5, 0.6) is 5.75 Å². The molecule has 0 bridgehead atoms. The van der Waals surface area contributed by atoms with Crippen molar-refractivity contribution in [3.05, 3.63) is 75.6 Å². The van der Waals surface area contributed by atoms with E-state index < -0.39 is 29.4 Å². The molecule has 2 heterocycles. The van der Waals surface area contributed by atoms with Gasteiger partial charge in [0.05, 0.1) is 23.6 Å². The second-order valence-corrected chi connectivity index (χ2v) is 8.08. The number of hydrogen-bond donors (Lipinski definition) is 0. The van der Waals surface area contributed by atoms with E-state index in [1.54, 1.807) is 36.4 Å². The minimum absolute atomic E-state index is 0.0294. The van der Waals surface area contributed by atoms with Gasteiger partial charge in [-0.05, 0) is 36.8 Å². The van der Waals surface area contributed by atoms with Crippen LogP contribution in [0.4, 0.5) is 13.2 Å². The van der Waals surface area contributed by atoms with Gasteiger partial charge in [0, 0.05) is 28.5 Å². The Morgan fingerprint density at radius 1 is 1.16 bits per heavy atom. The molecule has 32 heavy (non-hydrogen) atoms. The quantitative estimate of drug-likeness (QED) is 0.410. The van der Waals surface area contributed by atoms with E-state index in [4.69, 9.17) is 9.47 Å². The van der Waals surface area contributed by atoms with Crippen molar-refractivity contribution in [2.45, 2.75) is 25.9 Å². The maximum absolute atomic E-state index is 14.0. The number of rotatable bonds is 3. The number of halogens is 4. The molecule has 0 aliphatic carbocycles. The smallest absolute Gasteiger partial charge is 0.450 e. The van der Waals surface area contributed by atoms with Crippen LogP contribution in [0.2, 0.25) is 0 Å². The molecule has 3 aromatic rings. The van der Waals surface area contributed by atoms with Gasteiger partial charge < -0.3 is 9.47 Å². The lowest BCUT2D eigenvalue weighted by Crippen LogP contribution is -2.30. The highest BCUT2D eigenvalue weighted by atomic mass is 79.9. The first-order valence-electron chi connectivity index (χ1n) is 9.70. The normalized spacial score (nSPS) is 16.0. The Hall–Kier alpha value is -3.07. The predicted octanol–water partition coefficient (Wildman–Crippen LogP) is 5.97. The number of para-hydroxylation sites is 1. The molecule has 0 N–H and O–H groups in total. The molecule has 0 saturated heterocycles. The molecule has 0 fully saturated rings. The minimum Gasteiger partial charge on any atom is -0.463 e. The first-order chi connectivity index (χ1) is 15.1. The van der Waals surface area contributed by atoms with Crippen molar-refractivity contribution < 1.29 is 32.2 Å². The summed E-state index contributed by atoms with van der Waals surface area (Å²) in [6.07, 6.45) is -3.47. The fourth-order valence-electron chi connectivity index (χ4n) is 3.94. The van der Waals surface area contributed by atoms with Crippen molar-refractivity contribution >= 4 is 38.7 Å². The lowest BCUT2D eigenvalue weighted by molar-refractivity contribution is -0.143. The topological polar surface area (TPSA) is 57.5 Å². The molecular weight excluding hydrogens is 491 g/mol. The Morgan fingerprint density at radius 3 is 2.53 bits per heavy atom. The molecule has 4 rings (SSSR count). The third-order valence-corrected chi connectivity index (χ3v) is 5.67. The van der Waals surface area contributed by atoms with E-state index in [0.717, 1.165) is 0 Å². The summed E-state index contributed by atoms with van der Waals surface area (Å²) < 4.78 is 54.3. The van der Waals surface area contributed by atoms with Gasteiger partial charge in [-0.3, -0.25) is 9.36 Å². The van der Waals surface area contributed by atoms with E-state index in [-0.39, 0.29) is 18.3 Å². The predicted molar refractivity (Wildman–Crippen MR) is 115 cm³/mol. The van der Waals surface area contributed by atoms with Gasteiger partial charge in [-0.25, -0.2) is 4.79 Å². The minimum atomic E-state index is -4.94. The summed E-state index contributed by atoms with van der Waals surface area (Å²) in [6, 6.07) is 11.4. The summed E-state index contributed by atoms with van der Waals surface area (Å²) in [4.78, 5) is 25.1.